The molecule has 0 fully saturated rings. The first-order valence-corrected chi connectivity index (χ1v) is 11.0. The van der Waals surface area contributed by atoms with Crippen LogP contribution in [-0.4, -0.2) is 20.9 Å². The number of anilines is 1. The molecule has 3 N–H and O–H groups in total. The number of H-pyrrole nitrogens is 1. The number of hydrogen-bond acceptors (Lipinski definition) is 5. The van der Waals surface area contributed by atoms with Crippen LogP contribution in [0.1, 0.15) is 44.3 Å². The van der Waals surface area contributed by atoms with E-state index in [2.05, 4.69) is 17.2 Å². The number of para-hydroxylation sites is 1. The molecule has 1 aliphatic rings. The summed E-state index contributed by atoms with van der Waals surface area (Å²) in [5, 5.41) is 18.5. The Morgan fingerprint density at radius 2 is 1.90 bits per heavy atom. The fourth-order valence-electron chi connectivity index (χ4n) is 3.53. The van der Waals surface area contributed by atoms with Crippen LogP contribution < -0.4 is 15.6 Å². The SMILES string of the molecule is CCCCCCSc1n[n+]2c(c(=O)[nH]1)-c1ccccc1N[C@@H]2c1ccc(O)cc1. The lowest BCUT2D eigenvalue weighted by Gasteiger charge is -2.22. The minimum absolute atomic E-state index is 0.145. The summed E-state index contributed by atoms with van der Waals surface area (Å²) < 4.78 is 1.77. The molecule has 2 heterocycles. The fraction of sp³-hybridized carbons (Fsp3) is 0.318. The number of phenols is 1. The Labute approximate surface area is 174 Å². The molecular weight excluding hydrogens is 384 g/mol. The molecule has 0 saturated carbocycles. The van der Waals surface area contributed by atoms with Crippen LogP contribution in [0.3, 0.4) is 0 Å². The Bertz CT molecular complexity index is 1050. The van der Waals surface area contributed by atoms with E-state index in [4.69, 9.17) is 5.10 Å². The van der Waals surface area contributed by atoms with E-state index >= 15 is 0 Å². The Balaban J connectivity index is 1.72. The van der Waals surface area contributed by atoms with Crippen molar-refractivity contribution in [2.45, 2.75) is 43.9 Å². The molecule has 3 aromatic rings. The van der Waals surface area contributed by atoms with Crippen molar-refractivity contribution in [3.8, 4) is 17.0 Å². The van der Waals surface area contributed by atoms with Crippen molar-refractivity contribution in [3.05, 3.63) is 64.4 Å². The van der Waals surface area contributed by atoms with E-state index in [1.54, 1.807) is 28.6 Å². The van der Waals surface area contributed by atoms with Gasteiger partial charge in [0.25, 0.3) is 6.17 Å². The number of aromatic nitrogens is 3. The maximum Gasteiger partial charge on any atom is 0.325 e. The van der Waals surface area contributed by atoms with Crippen LogP contribution in [0.2, 0.25) is 0 Å². The summed E-state index contributed by atoms with van der Waals surface area (Å²) in [6, 6.07) is 14.7. The van der Waals surface area contributed by atoms with Crippen LogP contribution in [0.15, 0.2) is 58.5 Å². The summed E-state index contributed by atoms with van der Waals surface area (Å²) in [4.78, 5) is 16.0. The molecule has 2 aromatic carbocycles. The van der Waals surface area contributed by atoms with E-state index in [1.807, 2.05) is 36.4 Å². The average Bonchev–Trinajstić information content (AvgIpc) is 2.73. The summed E-state index contributed by atoms with van der Waals surface area (Å²) in [6.45, 7) is 2.20. The number of phenolic OH excluding ortho intramolecular Hbond substituents is 1. The van der Waals surface area contributed by atoms with Crippen LogP contribution >= 0.6 is 11.8 Å². The first-order valence-electron chi connectivity index (χ1n) is 10.0. The van der Waals surface area contributed by atoms with Gasteiger partial charge in [-0.2, -0.15) is 0 Å². The van der Waals surface area contributed by atoms with E-state index in [0.717, 1.165) is 29.0 Å². The van der Waals surface area contributed by atoms with Gasteiger partial charge in [0.05, 0.1) is 11.3 Å². The maximum absolute atomic E-state index is 13.0. The minimum atomic E-state index is -0.331. The smallest absolute Gasteiger partial charge is 0.325 e. The quantitative estimate of drug-likeness (QED) is 0.311. The average molecular weight is 410 g/mol. The zero-order chi connectivity index (χ0) is 20.2. The van der Waals surface area contributed by atoms with Crippen molar-refractivity contribution in [2.24, 2.45) is 0 Å². The fourth-order valence-corrected chi connectivity index (χ4v) is 4.39. The number of fused-ring (bicyclic) bond motifs is 3. The van der Waals surface area contributed by atoms with Gasteiger partial charge < -0.3 is 10.4 Å². The molecule has 6 nitrogen and oxygen atoms in total. The highest BCUT2D eigenvalue weighted by Crippen LogP contribution is 2.31. The van der Waals surface area contributed by atoms with Crippen LogP contribution in [0, 0.1) is 0 Å². The molecule has 1 atom stereocenters. The molecule has 0 bridgehead atoms. The lowest BCUT2D eigenvalue weighted by molar-refractivity contribution is -0.759. The number of benzene rings is 2. The van der Waals surface area contributed by atoms with Crippen molar-refractivity contribution >= 4 is 17.4 Å². The van der Waals surface area contributed by atoms with E-state index < -0.39 is 0 Å². The van der Waals surface area contributed by atoms with E-state index in [9.17, 15) is 9.90 Å². The second-order valence-electron chi connectivity index (χ2n) is 7.15. The standard InChI is InChI=1S/C22H24N4O2S/c1-2-3-4-7-14-29-22-24-21(28)19-17-8-5-6-9-18(17)23-20(26(19)25-22)15-10-12-16(27)13-11-15/h5-6,8-13,20H,2-4,7,14H2,1H3,(H2,24,25,27,28)/p+1/t20-/m0/s1. The monoisotopic (exact) mass is 409 g/mol. The lowest BCUT2D eigenvalue weighted by atomic mass is 10.0. The number of nitrogens with zero attached hydrogens (tertiary/aromatic N) is 2. The summed E-state index contributed by atoms with van der Waals surface area (Å²) in [5.41, 5.74) is 3.02. The Morgan fingerprint density at radius 3 is 2.69 bits per heavy atom. The van der Waals surface area contributed by atoms with Crippen molar-refractivity contribution in [1.82, 2.24) is 10.1 Å². The highest BCUT2D eigenvalue weighted by Gasteiger charge is 2.37. The summed E-state index contributed by atoms with van der Waals surface area (Å²) in [6.07, 6.45) is 4.40. The van der Waals surface area contributed by atoms with Crippen molar-refractivity contribution in [2.75, 3.05) is 11.1 Å². The molecule has 1 aromatic heterocycles. The third-order valence-corrected chi connectivity index (χ3v) is 5.98. The predicted molar refractivity (Wildman–Crippen MR) is 115 cm³/mol. The molecule has 4 rings (SSSR count). The van der Waals surface area contributed by atoms with Gasteiger partial charge >= 0.3 is 11.3 Å². The molecule has 0 spiro atoms. The molecule has 0 radical (unpaired) electrons. The zero-order valence-corrected chi connectivity index (χ0v) is 17.2. The van der Waals surface area contributed by atoms with Crippen molar-refractivity contribution in [3.63, 3.8) is 0 Å². The van der Waals surface area contributed by atoms with Gasteiger partial charge in [-0.05, 0) is 47.5 Å². The highest BCUT2D eigenvalue weighted by molar-refractivity contribution is 7.99. The number of unbranched alkanes of at least 4 members (excludes halogenated alkanes) is 3. The molecule has 0 aliphatic carbocycles. The number of aromatic amines is 1. The van der Waals surface area contributed by atoms with Crippen LogP contribution in [0.25, 0.3) is 11.3 Å². The predicted octanol–water partition coefficient (Wildman–Crippen LogP) is 4.07. The number of hydrogen-bond donors (Lipinski definition) is 3. The number of rotatable bonds is 7. The molecule has 1 aliphatic heterocycles. The number of aromatic hydroxyl groups is 1. The summed E-state index contributed by atoms with van der Waals surface area (Å²) in [5.74, 6) is 1.13. The normalized spacial score (nSPS) is 14.7. The van der Waals surface area contributed by atoms with E-state index in [0.29, 0.717) is 10.9 Å². The molecule has 29 heavy (non-hydrogen) atoms. The van der Waals surface area contributed by atoms with Gasteiger partial charge in [0, 0.05) is 16.4 Å². The van der Waals surface area contributed by atoms with Crippen LogP contribution in [-0.2, 0) is 0 Å². The Morgan fingerprint density at radius 1 is 1.10 bits per heavy atom. The lowest BCUT2D eigenvalue weighted by Crippen LogP contribution is -2.55. The second kappa shape index (κ2) is 8.69. The molecule has 0 saturated heterocycles. The number of thioether (sulfide) groups is 1. The van der Waals surface area contributed by atoms with Crippen LogP contribution in [0.5, 0.6) is 5.75 Å². The van der Waals surface area contributed by atoms with Gasteiger partial charge in [-0.1, -0.05) is 50.1 Å². The zero-order valence-electron chi connectivity index (χ0n) is 16.4. The second-order valence-corrected chi connectivity index (χ2v) is 8.23. The molecular formula is C22H25N4O2S+. The topological polar surface area (TPSA) is 81.9 Å². The van der Waals surface area contributed by atoms with Crippen LogP contribution in [0.4, 0.5) is 5.69 Å². The molecule has 150 valence electrons. The van der Waals surface area contributed by atoms with Gasteiger partial charge in [-0.3, -0.25) is 9.78 Å². The Hall–Kier alpha value is -2.80. The van der Waals surface area contributed by atoms with Gasteiger partial charge in [-0.15, -0.1) is 0 Å². The maximum atomic E-state index is 13.0. The van der Waals surface area contributed by atoms with E-state index in [-0.39, 0.29) is 17.5 Å². The molecule has 0 unspecified atom stereocenters. The third kappa shape index (κ3) is 4.15. The first kappa shape index (κ1) is 19.5. The molecule has 0 amide bonds. The number of nitrogens with one attached hydrogen (secondary N) is 2. The minimum Gasteiger partial charge on any atom is -0.508 e. The Kier molecular flexibility index (Phi) is 5.85. The summed E-state index contributed by atoms with van der Waals surface area (Å²) in [7, 11) is 0. The summed E-state index contributed by atoms with van der Waals surface area (Å²) >= 11 is 1.58. The van der Waals surface area contributed by atoms with E-state index in [1.165, 1.54) is 19.3 Å². The van der Waals surface area contributed by atoms with Crippen molar-refractivity contribution in [1.29, 1.82) is 0 Å². The van der Waals surface area contributed by atoms with Gasteiger partial charge in [-0.25, -0.2) is 0 Å². The highest BCUT2D eigenvalue weighted by atomic mass is 32.2. The van der Waals surface area contributed by atoms with Crippen molar-refractivity contribution < 1.29 is 9.79 Å². The third-order valence-electron chi connectivity index (χ3n) is 5.03. The first-order chi connectivity index (χ1) is 14.2. The molecule has 7 heteroatoms. The van der Waals surface area contributed by atoms with Gasteiger partial charge in [0.1, 0.15) is 5.75 Å². The van der Waals surface area contributed by atoms with Gasteiger partial charge in [0.2, 0.25) is 5.16 Å². The van der Waals surface area contributed by atoms with Gasteiger partial charge in [0.15, 0.2) is 0 Å². The largest absolute Gasteiger partial charge is 0.508 e.